The molecule has 4 aromatic rings. The third-order valence-electron chi connectivity index (χ3n) is 4.03. The molecule has 22 heavy (non-hydrogen) atoms. The van der Waals surface area contributed by atoms with Gasteiger partial charge < -0.3 is 4.74 Å². The average Bonchev–Trinajstić information content (AvgIpc) is 2.56. The molecule has 0 N–H and O–H groups in total. The maximum absolute atomic E-state index is 6.34. The van der Waals surface area contributed by atoms with Crippen molar-refractivity contribution in [2.45, 2.75) is 6.92 Å². The van der Waals surface area contributed by atoms with Gasteiger partial charge in [-0.2, -0.15) is 0 Å². The van der Waals surface area contributed by atoms with Crippen LogP contribution >= 0.6 is 0 Å². The van der Waals surface area contributed by atoms with Gasteiger partial charge in [0.25, 0.3) is 0 Å². The molecular formula is C21H16O. The predicted molar refractivity (Wildman–Crippen MR) is 92.7 cm³/mol. The minimum Gasteiger partial charge on any atom is -0.456 e. The zero-order valence-corrected chi connectivity index (χ0v) is 12.4. The Bertz CT molecular complexity index is 916. The Morgan fingerprint density at radius 3 is 1.82 bits per heavy atom. The molecule has 106 valence electrons. The summed E-state index contributed by atoms with van der Waals surface area (Å²) in [6.45, 7) is 2.07. The summed E-state index contributed by atoms with van der Waals surface area (Å²) < 4.78 is 6.34. The normalized spacial score (nSPS) is 11.0. The first-order chi connectivity index (χ1) is 10.8. The maximum Gasteiger partial charge on any atom is 0.143 e. The molecule has 0 bridgehead atoms. The molecule has 0 atom stereocenters. The second-order valence-electron chi connectivity index (χ2n) is 5.52. The van der Waals surface area contributed by atoms with E-state index in [0.29, 0.717) is 0 Å². The largest absolute Gasteiger partial charge is 0.456 e. The Kier molecular flexibility index (Phi) is 3.05. The van der Waals surface area contributed by atoms with Gasteiger partial charge >= 0.3 is 0 Å². The number of ether oxygens (including phenoxy) is 1. The summed E-state index contributed by atoms with van der Waals surface area (Å²) in [6, 6.07) is 27.1. The lowest BCUT2D eigenvalue weighted by atomic mass is 10.0. The number of benzene rings is 4. The van der Waals surface area contributed by atoms with E-state index in [1.807, 2.05) is 18.2 Å². The fourth-order valence-corrected chi connectivity index (χ4v) is 2.86. The van der Waals surface area contributed by atoms with Crippen molar-refractivity contribution < 1.29 is 4.74 Å². The van der Waals surface area contributed by atoms with Gasteiger partial charge in [0, 0.05) is 10.8 Å². The first-order valence-electron chi connectivity index (χ1n) is 7.47. The summed E-state index contributed by atoms with van der Waals surface area (Å²) in [5.41, 5.74) is 1.14. The van der Waals surface area contributed by atoms with Crippen molar-refractivity contribution in [3.63, 3.8) is 0 Å². The Morgan fingerprint density at radius 2 is 1.18 bits per heavy atom. The molecular weight excluding hydrogens is 268 g/mol. The van der Waals surface area contributed by atoms with E-state index in [1.54, 1.807) is 0 Å². The molecule has 0 aliphatic carbocycles. The highest BCUT2D eigenvalue weighted by atomic mass is 16.5. The standard InChI is InChI=1S/C21H16O/c1-15-8-2-7-13-20(15)22-21-18-11-5-3-9-16(18)14-17-10-4-6-12-19(17)21/h2-14H,1H3. The first kappa shape index (κ1) is 12.9. The number of hydrogen-bond acceptors (Lipinski definition) is 1. The monoisotopic (exact) mass is 284 g/mol. The van der Waals surface area contributed by atoms with Gasteiger partial charge in [0.15, 0.2) is 0 Å². The molecule has 0 saturated heterocycles. The molecule has 0 spiro atoms. The molecule has 1 heteroatoms. The van der Waals surface area contributed by atoms with Gasteiger partial charge in [-0.25, -0.2) is 0 Å². The fourth-order valence-electron chi connectivity index (χ4n) is 2.86. The second kappa shape index (κ2) is 5.19. The highest BCUT2D eigenvalue weighted by Gasteiger charge is 2.10. The lowest BCUT2D eigenvalue weighted by Crippen LogP contribution is -1.90. The van der Waals surface area contributed by atoms with Crippen molar-refractivity contribution in [2.75, 3.05) is 0 Å². The van der Waals surface area contributed by atoms with Crippen LogP contribution in [0.25, 0.3) is 21.5 Å². The third-order valence-corrected chi connectivity index (χ3v) is 4.03. The van der Waals surface area contributed by atoms with Crippen LogP contribution in [0.1, 0.15) is 5.56 Å². The van der Waals surface area contributed by atoms with E-state index in [2.05, 4.69) is 67.6 Å². The van der Waals surface area contributed by atoms with Crippen molar-refractivity contribution in [1.82, 2.24) is 0 Å². The summed E-state index contributed by atoms with van der Waals surface area (Å²) >= 11 is 0. The summed E-state index contributed by atoms with van der Waals surface area (Å²) in [6.07, 6.45) is 0. The molecule has 0 amide bonds. The van der Waals surface area contributed by atoms with Gasteiger partial charge in [0.2, 0.25) is 0 Å². The molecule has 0 saturated carbocycles. The third kappa shape index (κ3) is 2.11. The summed E-state index contributed by atoms with van der Waals surface area (Å²) in [5.74, 6) is 1.84. The number of hydrogen-bond donors (Lipinski definition) is 0. The van der Waals surface area contributed by atoms with Gasteiger partial charge in [0.1, 0.15) is 11.5 Å². The van der Waals surface area contributed by atoms with E-state index < -0.39 is 0 Å². The maximum atomic E-state index is 6.34. The Hall–Kier alpha value is -2.80. The van der Waals surface area contributed by atoms with Crippen molar-refractivity contribution in [2.24, 2.45) is 0 Å². The van der Waals surface area contributed by atoms with Crippen LogP contribution in [-0.2, 0) is 0 Å². The van der Waals surface area contributed by atoms with Crippen LogP contribution in [0.4, 0.5) is 0 Å². The highest BCUT2D eigenvalue weighted by molar-refractivity contribution is 6.05. The topological polar surface area (TPSA) is 9.23 Å². The van der Waals surface area contributed by atoms with Gasteiger partial charge in [-0.3, -0.25) is 0 Å². The molecule has 0 unspecified atom stereocenters. The van der Waals surface area contributed by atoms with E-state index in [0.717, 1.165) is 27.8 Å². The van der Waals surface area contributed by atoms with Crippen molar-refractivity contribution in [3.8, 4) is 11.5 Å². The molecule has 0 aliphatic rings. The van der Waals surface area contributed by atoms with E-state index in [4.69, 9.17) is 4.74 Å². The van der Waals surface area contributed by atoms with Crippen LogP contribution in [0.2, 0.25) is 0 Å². The van der Waals surface area contributed by atoms with Crippen LogP contribution in [-0.4, -0.2) is 0 Å². The van der Waals surface area contributed by atoms with Crippen LogP contribution in [0.5, 0.6) is 11.5 Å². The molecule has 4 aromatic carbocycles. The molecule has 0 heterocycles. The zero-order valence-electron chi connectivity index (χ0n) is 12.4. The minimum absolute atomic E-state index is 0.906. The predicted octanol–water partition coefficient (Wildman–Crippen LogP) is 6.09. The van der Waals surface area contributed by atoms with E-state index >= 15 is 0 Å². The first-order valence-corrected chi connectivity index (χ1v) is 7.47. The van der Waals surface area contributed by atoms with Gasteiger partial charge in [-0.15, -0.1) is 0 Å². The SMILES string of the molecule is Cc1ccccc1Oc1c2ccccc2cc2ccccc12. The average molecular weight is 284 g/mol. The zero-order chi connectivity index (χ0) is 14.9. The van der Waals surface area contributed by atoms with Crippen molar-refractivity contribution in [3.05, 3.63) is 84.4 Å². The summed E-state index contributed by atoms with van der Waals surface area (Å²) in [5, 5.41) is 4.68. The summed E-state index contributed by atoms with van der Waals surface area (Å²) in [4.78, 5) is 0. The molecule has 0 fully saturated rings. The molecule has 4 rings (SSSR count). The Morgan fingerprint density at radius 1 is 0.636 bits per heavy atom. The van der Waals surface area contributed by atoms with Gasteiger partial charge in [0.05, 0.1) is 0 Å². The van der Waals surface area contributed by atoms with Crippen molar-refractivity contribution >= 4 is 21.5 Å². The lowest BCUT2D eigenvalue weighted by Gasteiger charge is -2.14. The van der Waals surface area contributed by atoms with Crippen molar-refractivity contribution in [1.29, 1.82) is 0 Å². The smallest absolute Gasteiger partial charge is 0.143 e. The second-order valence-corrected chi connectivity index (χ2v) is 5.52. The number of para-hydroxylation sites is 1. The molecule has 0 aromatic heterocycles. The quantitative estimate of drug-likeness (QED) is 0.404. The van der Waals surface area contributed by atoms with Crippen LogP contribution in [0, 0.1) is 6.92 Å². The van der Waals surface area contributed by atoms with Gasteiger partial charge in [-0.05, 0) is 35.4 Å². The van der Waals surface area contributed by atoms with E-state index in [1.165, 1.54) is 10.8 Å². The Balaban J connectivity index is 2.02. The number of fused-ring (bicyclic) bond motifs is 2. The summed E-state index contributed by atoms with van der Waals surface area (Å²) in [7, 11) is 0. The lowest BCUT2D eigenvalue weighted by molar-refractivity contribution is 0.490. The molecule has 0 radical (unpaired) electrons. The van der Waals surface area contributed by atoms with E-state index in [-0.39, 0.29) is 0 Å². The van der Waals surface area contributed by atoms with E-state index in [9.17, 15) is 0 Å². The van der Waals surface area contributed by atoms with Gasteiger partial charge in [-0.1, -0.05) is 66.7 Å². The highest BCUT2D eigenvalue weighted by Crippen LogP contribution is 2.38. The van der Waals surface area contributed by atoms with Crippen LogP contribution < -0.4 is 4.74 Å². The molecule has 1 nitrogen and oxygen atoms in total. The Labute approximate surface area is 129 Å². The molecule has 0 aliphatic heterocycles. The number of rotatable bonds is 2. The van der Waals surface area contributed by atoms with Crippen LogP contribution in [0.15, 0.2) is 78.9 Å². The van der Waals surface area contributed by atoms with Crippen LogP contribution in [0.3, 0.4) is 0 Å². The fraction of sp³-hybridized carbons (Fsp3) is 0.0476. The minimum atomic E-state index is 0.906. The number of aryl methyl sites for hydroxylation is 1.